The first-order valence-electron chi connectivity index (χ1n) is 17.3. The Balaban J connectivity index is 1.04. The molecule has 0 heterocycles. The molecule has 0 N–H and O–H groups in total. The third kappa shape index (κ3) is 10.2. The van der Waals surface area contributed by atoms with E-state index in [2.05, 4.69) is 13.5 Å². The molecule has 1 atom stereocenters. The number of carbonyl (C=O) groups excluding carboxylic acids is 4. The van der Waals surface area contributed by atoms with E-state index in [4.69, 9.17) is 28.4 Å². The van der Waals surface area contributed by atoms with Gasteiger partial charge in [-0.25, -0.2) is 9.59 Å². The Hall–Kier alpha value is -5.12. The smallest absolute Gasteiger partial charge is 0.343 e. The van der Waals surface area contributed by atoms with Crippen molar-refractivity contribution < 1.29 is 47.6 Å². The van der Waals surface area contributed by atoms with Gasteiger partial charge in [0.05, 0.1) is 31.6 Å². The maximum Gasteiger partial charge on any atom is 0.343 e. The van der Waals surface area contributed by atoms with Crippen LogP contribution in [0.3, 0.4) is 0 Å². The van der Waals surface area contributed by atoms with Crippen molar-refractivity contribution in [2.45, 2.75) is 76.7 Å². The summed E-state index contributed by atoms with van der Waals surface area (Å²) in [6.07, 6.45) is 7.62. The van der Waals surface area contributed by atoms with E-state index in [9.17, 15) is 19.2 Å². The molecule has 2 aliphatic carbocycles. The maximum atomic E-state index is 12.9. The number of fused-ring (bicyclic) bond motifs is 3. The van der Waals surface area contributed by atoms with Gasteiger partial charge in [0.25, 0.3) is 0 Å². The third-order valence-electron chi connectivity index (χ3n) is 8.79. The fraction of sp³-hybridized carbons (Fsp3) is 0.400. The van der Waals surface area contributed by atoms with Gasteiger partial charge in [-0.05, 0) is 109 Å². The zero-order valence-electron chi connectivity index (χ0n) is 28.5. The molecule has 3 aromatic carbocycles. The van der Waals surface area contributed by atoms with Crippen LogP contribution in [-0.4, -0.2) is 56.4 Å². The molecule has 0 radical (unpaired) electrons. The fourth-order valence-electron chi connectivity index (χ4n) is 6.11. The average molecular weight is 685 g/mol. The van der Waals surface area contributed by atoms with Crippen LogP contribution in [-0.2, 0) is 28.6 Å². The number of ether oxygens (including phenoxy) is 6. The fourth-order valence-corrected chi connectivity index (χ4v) is 6.11. The zero-order valence-corrected chi connectivity index (χ0v) is 28.5. The first kappa shape index (κ1) is 36.2. The Morgan fingerprint density at radius 1 is 0.700 bits per heavy atom. The van der Waals surface area contributed by atoms with E-state index >= 15 is 0 Å². The molecule has 1 fully saturated rings. The molecule has 3 aromatic rings. The molecule has 264 valence electrons. The van der Waals surface area contributed by atoms with Crippen molar-refractivity contribution >= 4 is 23.9 Å². The largest absolute Gasteiger partial charge is 0.494 e. The van der Waals surface area contributed by atoms with E-state index in [1.165, 1.54) is 6.42 Å². The van der Waals surface area contributed by atoms with Gasteiger partial charge in [0.15, 0.2) is 0 Å². The summed E-state index contributed by atoms with van der Waals surface area (Å²) in [7, 11) is 0. The number of benzene rings is 3. The highest BCUT2D eigenvalue weighted by molar-refractivity contribution is 5.91. The number of hydrogen-bond acceptors (Lipinski definition) is 10. The van der Waals surface area contributed by atoms with Crippen LogP contribution in [0, 0.1) is 0 Å². The summed E-state index contributed by atoms with van der Waals surface area (Å²) >= 11 is 0. The van der Waals surface area contributed by atoms with E-state index in [0.717, 1.165) is 54.0 Å². The van der Waals surface area contributed by atoms with Crippen LogP contribution < -0.4 is 14.2 Å². The minimum absolute atomic E-state index is 0.0149. The molecule has 0 bridgehead atoms. The SMILES string of the molecule is C=CC(=O)OCCCCOc1ccc(C(=O)Oc2ccc3c(c2)C(C)c2cc(OCCOC(=O)CCC(=O)OC4CCCCC4)ccc2-3)cc1. The lowest BCUT2D eigenvalue weighted by Gasteiger charge is -2.21. The number of unbranched alkanes of at least 4 members (excludes halogenated alkanes) is 1. The average Bonchev–Trinajstić information content (AvgIpc) is 3.41. The molecule has 50 heavy (non-hydrogen) atoms. The van der Waals surface area contributed by atoms with Gasteiger partial charge in [0.2, 0.25) is 0 Å². The second-order valence-electron chi connectivity index (χ2n) is 12.4. The van der Waals surface area contributed by atoms with Gasteiger partial charge < -0.3 is 28.4 Å². The van der Waals surface area contributed by atoms with Crippen molar-refractivity contribution in [3.63, 3.8) is 0 Å². The molecule has 10 heteroatoms. The van der Waals surface area contributed by atoms with Crippen LogP contribution in [0.1, 0.15) is 92.1 Å². The van der Waals surface area contributed by atoms with Gasteiger partial charge in [0, 0.05) is 12.0 Å². The summed E-state index contributed by atoms with van der Waals surface area (Å²) in [5.74, 6) is 0.0560. The lowest BCUT2D eigenvalue weighted by atomic mass is 9.98. The normalized spacial score (nSPS) is 14.9. The van der Waals surface area contributed by atoms with Crippen LogP contribution in [0.5, 0.6) is 17.2 Å². The molecule has 0 aromatic heterocycles. The lowest BCUT2D eigenvalue weighted by molar-refractivity contribution is -0.154. The van der Waals surface area contributed by atoms with Crippen LogP contribution in [0.4, 0.5) is 0 Å². The zero-order chi connectivity index (χ0) is 35.3. The van der Waals surface area contributed by atoms with E-state index in [-0.39, 0.29) is 44.0 Å². The van der Waals surface area contributed by atoms with E-state index in [0.29, 0.717) is 48.9 Å². The van der Waals surface area contributed by atoms with Crippen LogP contribution in [0.25, 0.3) is 11.1 Å². The molecule has 0 saturated heterocycles. The summed E-state index contributed by atoms with van der Waals surface area (Å²) in [4.78, 5) is 48.1. The summed E-state index contributed by atoms with van der Waals surface area (Å²) in [5.41, 5.74) is 4.67. The highest BCUT2D eigenvalue weighted by Gasteiger charge is 2.27. The quantitative estimate of drug-likeness (QED) is 0.0464. The second-order valence-corrected chi connectivity index (χ2v) is 12.4. The van der Waals surface area contributed by atoms with Crippen molar-refractivity contribution in [2.24, 2.45) is 0 Å². The summed E-state index contributed by atoms with van der Waals surface area (Å²) in [6, 6.07) is 18.3. The summed E-state index contributed by atoms with van der Waals surface area (Å²) < 4.78 is 33.0. The van der Waals surface area contributed by atoms with Crippen LogP contribution in [0.2, 0.25) is 0 Å². The maximum absolute atomic E-state index is 12.9. The molecule has 10 nitrogen and oxygen atoms in total. The molecule has 2 aliphatic rings. The molecular formula is C40H44O10. The van der Waals surface area contributed by atoms with Gasteiger partial charge in [-0.15, -0.1) is 0 Å². The van der Waals surface area contributed by atoms with Gasteiger partial charge in [-0.2, -0.15) is 0 Å². The Labute approximate surface area is 292 Å². The third-order valence-corrected chi connectivity index (χ3v) is 8.79. The van der Waals surface area contributed by atoms with Crippen molar-refractivity contribution in [3.8, 4) is 28.4 Å². The van der Waals surface area contributed by atoms with Crippen molar-refractivity contribution in [1.29, 1.82) is 0 Å². The van der Waals surface area contributed by atoms with Crippen molar-refractivity contribution in [2.75, 3.05) is 26.4 Å². The van der Waals surface area contributed by atoms with E-state index < -0.39 is 17.9 Å². The number of esters is 4. The minimum Gasteiger partial charge on any atom is -0.494 e. The number of rotatable bonds is 17. The number of carbonyl (C=O) groups is 4. The number of hydrogen-bond donors (Lipinski definition) is 0. The molecule has 1 saturated carbocycles. The highest BCUT2D eigenvalue weighted by Crippen LogP contribution is 2.47. The highest BCUT2D eigenvalue weighted by atomic mass is 16.6. The second kappa shape index (κ2) is 18.0. The molecule has 0 spiro atoms. The van der Waals surface area contributed by atoms with Gasteiger partial charge in [-0.3, -0.25) is 9.59 Å². The van der Waals surface area contributed by atoms with Crippen LogP contribution >= 0.6 is 0 Å². The molecule has 0 aliphatic heterocycles. The van der Waals surface area contributed by atoms with Gasteiger partial charge >= 0.3 is 23.9 Å². The first-order valence-corrected chi connectivity index (χ1v) is 17.3. The van der Waals surface area contributed by atoms with Gasteiger partial charge in [-0.1, -0.05) is 32.1 Å². The van der Waals surface area contributed by atoms with Crippen molar-refractivity contribution in [3.05, 3.63) is 90.0 Å². The van der Waals surface area contributed by atoms with Gasteiger partial charge in [0.1, 0.15) is 36.6 Å². The Kier molecular flexibility index (Phi) is 13.0. The first-order chi connectivity index (χ1) is 24.3. The van der Waals surface area contributed by atoms with Crippen molar-refractivity contribution in [1.82, 2.24) is 0 Å². The van der Waals surface area contributed by atoms with E-state index in [1.807, 2.05) is 30.3 Å². The Morgan fingerprint density at radius 2 is 1.32 bits per heavy atom. The predicted molar refractivity (Wildman–Crippen MR) is 185 cm³/mol. The molecule has 1 unspecified atom stereocenters. The molecule has 0 amide bonds. The Bertz CT molecular complexity index is 1660. The van der Waals surface area contributed by atoms with E-state index in [1.54, 1.807) is 30.3 Å². The monoisotopic (exact) mass is 684 g/mol. The molecular weight excluding hydrogens is 640 g/mol. The molecule has 5 rings (SSSR count). The Morgan fingerprint density at radius 3 is 2.04 bits per heavy atom. The predicted octanol–water partition coefficient (Wildman–Crippen LogP) is 7.50. The summed E-state index contributed by atoms with van der Waals surface area (Å²) in [6.45, 7) is 6.47. The topological polar surface area (TPSA) is 124 Å². The lowest BCUT2D eigenvalue weighted by Crippen LogP contribution is -2.21. The summed E-state index contributed by atoms with van der Waals surface area (Å²) in [5, 5.41) is 0. The standard InChI is InChI=1S/C40H44O10/c1-3-37(41)47-22-8-7-21-45-29-13-11-28(12-14-29)40(44)50-32-16-18-34-33-17-15-31(25-35(33)27(2)36(34)26-32)46-23-24-48-38(42)19-20-39(43)49-30-9-5-4-6-10-30/h3,11-18,25-27,30H,1,4-10,19-24H2,2H3. The minimum atomic E-state index is -0.473. The van der Waals surface area contributed by atoms with Crippen LogP contribution in [0.15, 0.2) is 73.3 Å².